The van der Waals surface area contributed by atoms with E-state index in [1.807, 2.05) is 6.92 Å². The lowest BCUT2D eigenvalue weighted by atomic mass is 10.3. The number of aromatic nitrogens is 2. The molecule has 0 fully saturated rings. The van der Waals surface area contributed by atoms with Gasteiger partial charge in [-0.2, -0.15) is 0 Å². The van der Waals surface area contributed by atoms with Gasteiger partial charge in [-0.05, 0) is 6.42 Å². The Labute approximate surface area is 104 Å². The number of aliphatic hydroxyl groups is 2. The molecule has 1 aromatic rings. The van der Waals surface area contributed by atoms with E-state index in [9.17, 15) is 5.11 Å². The molecule has 2 N–H and O–H groups in total. The maximum absolute atomic E-state index is 9.21. The van der Waals surface area contributed by atoms with Crippen LogP contribution >= 0.6 is 23.4 Å². The molecule has 1 heterocycles. The molecule has 90 valence electrons. The molecule has 0 aliphatic rings. The normalized spacial score (nSPS) is 12.8. The van der Waals surface area contributed by atoms with Crippen molar-refractivity contribution in [2.75, 3.05) is 12.4 Å². The molecule has 0 saturated carbocycles. The molecule has 16 heavy (non-hydrogen) atoms. The predicted molar refractivity (Wildman–Crippen MR) is 64.9 cm³/mol. The lowest BCUT2D eigenvalue weighted by molar-refractivity contribution is 0.113. The minimum atomic E-state index is -0.728. The molecule has 0 aromatic carbocycles. The molecule has 0 aliphatic heterocycles. The fourth-order valence-corrected chi connectivity index (χ4v) is 2.18. The average Bonchev–Trinajstić information content (AvgIpc) is 2.25. The molecule has 1 aromatic heterocycles. The van der Waals surface area contributed by atoms with Gasteiger partial charge in [-0.3, -0.25) is 0 Å². The zero-order valence-corrected chi connectivity index (χ0v) is 10.6. The number of aryl methyl sites for hydroxylation is 1. The van der Waals surface area contributed by atoms with Crippen molar-refractivity contribution in [3.63, 3.8) is 0 Å². The summed E-state index contributed by atoms with van der Waals surface area (Å²) in [5.74, 6) is 1.12. The Kier molecular flexibility index (Phi) is 6.05. The topological polar surface area (TPSA) is 66.2 Å². The van der Waals surface area contributed by atoms with Crippen LogP contribution < -0.4 is 0 Å². The van der Waals surface area contributed by atoms with Gasteiger partial charge in [-0.1, -0.05) is 18.5 Å². The number of thioether (sulfide) groups is 1. The SMILES string of the molecule is CCCc1nc(Cl)cc(SCC(O)CO)n1. The first-order valence-electron chi connectivity index (χ1n) is 5.11. The predicted octanol–water partition coefficient (Wildman–Crippen LogP) is 1.53. The Balaban J connectivity index is 2.64. The van der Waals surface area contributed by atoms with Crippen LogP contribution in [0.15, 0.2) is 11.1 Å². The van der Waals surface area contributed by atoms with Gasteiger partial charge >= 0.3 is 0 Å². The standard InChI is InChI=1S/C10H15ClN2O2S/c1-2-3-9-12-8(11)4-10(13-9)16-6-7(15)5-14/h4,7,14-15H,2-3,5-6H2,1H3. The van der Waals surface area contributed by atoms with Crippen LogP contribution in [0.2, 0.25) is 5.15 Å². The van der Waals surface area contributed by atoms with Crippen LogP contribution in [0.4, 0.5) is 0 Å². The summed E-state index contributed by atoms with van der Waals surface area (Å²) in [5, 5.41) is 19.0. The number of hydrogen-bond acceptors (Lipinski definition) is 5. The van der Waals surface area contributed by atoms with Gasteiger partial charge in [-0.15, -0.1) is 11.8 Å². The first-order valence-corrected chi connectivity index (χ1v) is 6.47. The van der Waals surface area contributed by atoms with Crippen molar-refractivity contribution in [3.8, 4) is 0 Å². The fourth-order valence-electron chi connectivity index (χ4n) is 1.09. The molecular weight excluding hydrogens is 248 g/mol. The zero-order valence-electron chi connectivity index (χ0n) is 9.06. The molecule has 0 radical (unpaired) electrons. The van der Waals surface area contributed by atoms with Gasteiger partial charge in [0.25, 0.3) is 0 Å². The smallest absolute Gasteiger partial charge is 0.133 e. The quantitative estimate of drug-likeness (QED) is 0.601. The van der Waals surface area contributed by atoms with Crippen LogP contribution in [-0.2, 0) is 6.42 Å². The average molecular weight is 263 g/mol. The Morgan fingerprint density at radius 1 is 1.50 bits per heavy atom. The van der Waals surface area contributed by atoms with Gasteiger partial charge in [0.2, 0.25) is 0 Å². The molecule has 0 amide bonds. The highest BCUT2D eigenvalue weighted by atomic mass is 35.5. The number of halogens is 1. The van der Waals surface area contributed by atoms with E-state index in [4.69, 9.17) is 16.7 Å². The van der Waals surface area contributed by atoms with Crippen LogP contribution in [0.3, 0.4) is 0 Å². The van der Waals surface area contributed by atoms with Gasteiger partial charge in [-0.25, -0.2) is 9.97 Å². The van der Waals surface area contributed by atoms with Crippen LogP contribution in [0, 0.1) is 0 Å². The first-order chi connectivity index (χ1) is 7.65. The van der Waals surface area contributed by atoms with E-state index >= 15 is 0 Å². The van der Waals surface area contributed by atoms with Crippen LogP contribution in [0.25, 0.3) is 0 Å². The second-order valence-electron chi connectivity index (χ2n) is 3.34. The highest BCUT2D eigenvalue weighted by Crippen LogP contribution is 2.19. The van der Waals surface area contributed by atoms with Crippen LogP contribution in [-0.4, -0.2) is 38.6 Å². The van der Waals surface area contributed by atoms with Crippen molar-refractivity contribution in [3.05, 3.63) is 17.0 Å². The van der Waals surface area contributed by atoms with Crippen molar-refractivity contribution in [2.24, 2.45) is 0 Å². The van der Waals surface area contributed by atoms with E-state index in [0.29, 0.717) is 10.9 Å². The Bertz CT molecular complexity index is 339. The van der Waals surface area contributed by atoms with E-state index in [-0.39, 0.29) is 6.61 Å². The second kappa shape index (κ2) is 7.06. The summed E-state index contributed by atoms with van der Waals surface area (Å²) in [7, 11) is 0. The highest BCUT2D eigenvalue weighted by Gasteiger charge is 2.07. The van der Waals surface area contributed by atoms with Crippen molar-refractivity contribution in [1.29, 1.82) is 0 Å². The largest absolute Gasteiger partial charge is 0.394 e. The molecule has 0 saturated heterocycles. The third-order valence-electron chi connectivity index (χ3n) is 1.83. The summed E-state index contributed by atoms with van der Waals surface area (Å²) in [6.07, 6.45) is 1.02. The number of aliphatic hydroxyl groups excluding tert-OH is 2. The van der Waals surface area contributed by atoms with Crippen molar-refractivity contribution in [2.45, 2.75) is 30.9 Å². The Morgan fingerprint density at radius 3 is 2.88 bits per heavy atom. The molecule has 1 unspecified atom stereocenters. The number of nitrogens with zero attached hydrogens (tertiary/aromatic N) is 2. The Morgan fingerprint density at radius 2 is 2.25 bits per heavy atom. The molecular formula is C10H15ClN2O2S. The lowest BCUT2D eigenvalue weighted by Crippen LogP contribution is -2.14. The van der Waals surface area contributed by atoms with E-state index in [1.54, 1.807) is 6.07 Å². The van der Waals surface area contributed by atoms with Crippen LogP contribution in [0.5, 0.6) is 0 Å². The summed E-state index contributed by atoms with van der Waals surface area (Å²) >= 11 is 7.22. The first kappa shape index (κ1) is 13.7. The van der Waals surface area contributed by atoms with Crippen molar-refractivity contribution < 1.29 is 10.2 Å². The van der Waals surface area contributed by atoms with E-state index < -0.39 is 6.10 Å². The third kappa shape index (κ3) is 4.65. The van der Waals surface area contributed by atoms with E-state index in [0.717, 1.165) is 23.7 Å². The Hall–Kier alpha value is -0.360. The van der Waals surface area contributed by atoms with Gasteiger partial charge in [0, 0.05) is 18.2 Å². The summed E-state index contributed by atoms with van der Waals surface area (Å²) in [4.78, 5) is 8.40. The monoisotopic (exact) mass is 262 g/mol. The molecule has 0 bridgehead atoms. The summed E-state index contributed by atoms with van der Waals surface area (Å²) in [6.45, 7) is 1.81. The third-order valence-corrected chi connectivity index (χ3v) is 3.08. The number of rotatable bonds is 6. The molecule has 0 spiro atoms. The van der Waals surface area contributed by atoms with Gasteiger partial charge < -0.3 is 10.2 Å². The zero-order chi connectivity index (χ0) is 12.0. The summed E-state index contributed by atoms with van der Waals surface area (Å²) in [6, 6.07) is 1.66. The molecule has 1 atom stereocenters. The maximum atomic E-state index is 9.21. The maximum Gasteiger partial charge on any atom is 0.133 e. The summed E-state index contributed by atoms with van der Waals surface area (Å²) < 4.78 is 0. The van der Waals surface area contributed by atoms with Crippen molar-refractivity contribution >= 4 is 23.4 Å². The highest BCUT2D eigenvalue weighted by molar-refractivity contribution is 7.99. The van der Waals surface area contributed by atoms with Gasteiger partial charge in [0.15, 0.2) is 0 Å². The van der Waals surface area contributed by atoms with Crippen LogP contribution in [0.1, 0.15) is 19.2 Å². The second-order valence-corrected chi connectivity index (χ2v) is 4.77. The molecule has 1 rings (SSSR count). The fraction of sp³-hybridized carbons (Fsp3) is 0.600. The minimum absolute atomic E-state index is 0.242. The lowest BCUT2D eigenvalue weighted by Gasteiger charge is -2.07. The molecule has 0 aliphatic carbocycles. The molecule has 6 heteroatoms. The molecule has 4 nitrogen and oxygen atoms in total. The summed E-state index contributed by atoms with van der Waals surface area (Å²) in [5.41, 5.74) is 0. The van der Waals surface area contributed by atoms with E-state index in [2.05, 4.69) is 9.97 Å². The minimum Gasteiger partial charge on any atom is -0.394 e. The van der Waals surface area contributed by atoms with E-state index in [1.165, 1.54) is 11.8 Å². The number of hydrogen-bond donors (Lipinski definition) is 2. The van der Waals surface area contributed by atoms with Gasteiger partial charge in [0.05, 0.1) is 12.7 Å². The van der Waals surface area contributed by atoms with Crippen molar-refractivity contribution in [1.82, 2.24) is 9.97 Å². The van der Waals surface area contributed by atoms with Gasteiger partial charge in [0.1, 0.15) is 16.0 Å².